The van der Waals surface area contributed by atoms with Crippen LogP contribution >= 0.6 is 32.2 Å². The van der Waals surface area contributed by atoms with Gasteiger partial charge in [0.25, 0.3) is 0 Å². The second-order valence-electron chi connectivity index (χ2n) is 29.1. The maximum Gasteiger partial charge on any atom is 1.00 e. The zero-order chi connectivity index (χ0) is 105. The Kier molecular flexibility index (Phi) is 66.7. The molecule has 147 heavy (non-hydrogen) atoms. The number of aliphatic hydroxyl groups is 2. The smallest absolute Gasteiger partial charge is 1.00 e. The molecule has 13 aromatic carbocycles. The van der Waals surface area contributed by atoms with Gasteiger partial charge in [0, 0.05) is 73.3 Å². The summed E-state index contributed by atoms with van der Waals surface area (Å²) >= 11 is -3.67. The molecule has 0 bridgehead atoms. The van der Waals surface area contributed by atoms with Crippen LogP contribution in [0, 0.1) is 39.7 Å². The van der Waals surface area contributed by atoms with Crippen molar-refractivity contribution in [3.63, 3.8) is 0 Å². The van der Waals surface area contributed by atoms with Crippen LogP contribution < -0.4 is 74.9 Å². The fraction of sp³-hybridized carbons (Fsp3) is 0.190. The number of aliphatic carboxylic acids is 1. The van der Waals surface area contributed by atoms with Crippen LogP contribution in [0.1, 0.15) is 110 Å². The van der Waals surface area contributed by atoms with E-state index < -0.39 is 87.4 Å². The van der Waals surface area contributed by atoms with E-state index >= 15 is 0 Å². The molecule has 3 radical (unpaired) electrons. The molecule has 0 fully saturated rings. The molecule has 777 valence electrons. The number of nitro benzene ring substituents is 2. The minimum Gasteiger partial charge on any atom is -1.00 e. The fourth-order valence-electron chi connectivity index (χ4n) is 11.7. The van der Waals surface area contributed by atoms with Crippen LogP contribution in [0.25, 0.3) is 0 Å². The van der Waals surface area contributed by atoms with Crippen molar-refractivity contribution in [1.29, 1.82) is 0 Å². The minimum atomic E-state index is -3.67. The van der Waals surface area contributed by atoms with Gasteiger partial charge < -0.3 is 96.8 Å². The van der Waals surface area contributed by atoms with Crippen molar-refractivity contribution in [3.8, 4) is 28.7 Å². The Morgan fingerprint density at radius 2 is 0.680 bits per heavy atom. The van der Waals surface area contributed by atoms with Gasteiger partial charge in [-0.25, -0.2) is 30.1 Å². The fourth-order valence-corrected chi connectivity index (χ4v) is 13.1. The van der Waals surface area contributed by atoms with Gasteiger partial charge in [0.1, 0.15) is 61.0 Å². The molecule has 0 unspecified atom stereocenters. The van der Waals surface area contributed by atoms with Gasteiger partial charge in [-0.1, -0.05) is 244 Å². The number of carboxylic acids is 2. The van der Waals surface area contributed by atoms with Crippen LogP contribution in [0.4, 0.5) is 38.5 Å². The van der Waals surface area contributed by atoms with Gasteiger partial charge in [-0.15, -0.1) is 12.4 Å². The van der Waals surface area contributed by atoms with E-state index in [1.807, 2.05) is 281 Å². The average Bonchev–Trinajstić information content (AvgIpc) is 0.815. The largest absolute Gasteiger partial charge is 1.00 e. The minimum absolute atomic E-state index is 0. The number of nitrogen functional groups attached to an aromatic ring is 1. The Labute approximate surface area is 879 Å². The second kappa shape index (κ2) is 73.8. The number of rotatable bonds is 30. The molecule has 13 rings (SSSR count). The molecule has 0 amide bonds. The predicted molar refractivity (Wildman–Crippen MR) is 565 cm³/mol. The number of aromatic carboxylic acids is 1. The molecule has 13 aromatic rings. The Morgan fingerprint density at radius 3 is 1.01 bits per heavy atom. The van der Waals surface area contributed by atoms with Gasteiger partial charge in [-0.05, 0) is 100 Å². The molecule has 0 saturated heterocycles. The number of para-hydroxylation sites is 5. The van der Waals surface area contributed by atoms with Crippen molar-refractivity contribution >= 4 is 117 Å². The van der Waals surface area contributed by atoms with E-state index in [1.165, 1.54) is 69.9 Å². The molecular weight excluding hydrogens is 2030 g/mol. The molecule has 42 heteroatoms. The van der Waals surface area contributed by atoms with Crippen molar-refractivity contribution in [1.82, 2.24) is 6.15 Å². The number of esters is 4. The standard InChI is InChI=1S/C17H19NO3.C16H19NO2.C16H17NO2.C15H13NO5.C15H15NO3.C8H6FNO4.C7H5IO4.C7H8O.C2H5NO2.CH3NO2.CH4.B.ClH.Li.H3N.H/c1-18(2)15-11-7-10-14(17(19)20-3)16(15)21-12-13-8-5-4-6-9-13;2*1-17(2)15-10-6-9-14(11-18)16(15)19-12-13-7-4-3-5-8-13;1-20-15(17)12-8-5-9-13(16(18)19)14(12)21-10-11-6-3-2-4-7-11;1-18-15(17)12-8-5-9-13(16)14(12)19-10-11-6-3-2-4-7-11;1-14-8(11)5-3-2-4-6(7(5)9)10(12)13;9-7(10)5-3-1-2-4-6(5)8(11)12;8-6-7-4-2-1-3-5-7;3-1-2(4)5;1-2(3)4;;;;;;/h4-11H,12H2,1-3H3;3-10,18H,11-12H2,1-2H3;3-11H,12H2,1-2H3;2-9H,10H2,1H3;2-9H,10,16H2,1H3;2-4H,1H3;1-4H,(H,9,10);1-5,8H,6H2;1,3H2,(H,4,5);1H3;1H4;;1H;;1H3;/q;;;;;;;;;;;;;+1;;-1. The number of carbonyl (C=O) groups excluding carboxylic acids is 5. The predicted octanol–water partition coefficient (Wildman–Crippen LogP) is 16.0. The number of carbonyl (C=O) groups is 7. The molecule has 0 aliphatic rings. The Balaban J connectivity index is -0.00000161. The summed E-state index contributed by atoms with van der Waals surface area (Å²) in [5.41, 5.74) is 20.2. The van der Waals surface area contributed by atoms with Crippen molar-refractivity contribution in [2.45, 2.75) is 53.7 Å². The van der Waals surface area contributed by atoms with Gasteiger partial charge in [0.2, 0.25) is 11.6 Å². The van der Waals surface area contributed by atoms with Crippen LogP contribution in [0.2, 0.25) is 0 Å². The van der Waals surface area contributed by atoms with Gasteiger partial charge in [-0.3, -0.25) is 39.9 Å². The van der Waals surface area contributed by atoms with Gasteiger partial charge in [0.15, 0.2) is 30.6 Å². The molecule has 0 aliphatic heterocycles. The number of halogens is 3. The molecule has 37 nitrogen and oxygen atoms in total. The van der Waals surface area contributed by atoms with Crippen LogP contribution in [0.15, 0.2) is 315 Å². The number of carboxylic acid groups (broad SMARTS) is 2. The maximum absolute atomic E-state index is 13.2. The third-order valence-corrected chi connectivity index (χ3v) is 20.4. The molecular formula is C105H119BClFILiN9O28. The Hall–Kier alpha value is -16.2. The summed E-state index contributed by atoms with van der Waals surface area (Å²) in [6.45, 7) is 1.66. The number of nitrogens with zero attached hydrogens (tertiary/aromatic N) is 6. The van der Waals surface area contributed by atoms with Crippen molar-refractivity contribution in [3.05, 3.63) is 428 Å². The SMILES string of the molecule is C.CN(C)c1cccc(C=O)c1OCc1ccccc1.CN(C)c1cccc(CO)c1OCc1ccccc1.COC(=O)c1cccc(N(C)C)c1OCc1ccccc1.COC(=O)c1cccc(N)c1OCc1ccccc1.COC(=O)c1cccc([N+](=O)[O-])c1F.COC(=O)c1cccc([N+](=O)[O-])c1OCc1ccccc1.C[N+](=O)[O-].Cl.N.NCC(=O)O.O=C(O)c1ccccc1I(=O)=O.OCc1ccccc1.[B].[H-].[Li+]. The third kappa shape index (κ3) is 47.3. The van der Waals surface area contributed by atoms with Crippen LogP contribution in [0.5, 0.6) is 28.7 Å². The number of nitro groups is 3. The van der Waals surface area contributed by atoms with Crippen LogP contribution in [-0.4, -0.2) is 170 Å². The Bertz CT molecular complexity index is 6270. The topological polar surface area (TPSA) is 544 Å². The first-order valence-corrected chi connectivity index (χ1v) is 45.1. The molecule has 0 heterocycles. The summed E-state index contributed by atoms with van der Waals surface area (Å²) in [6, 6.07) is 92.9. The van der Waals surface area contributed by atoms with Crippen molar-refractivity contribution < 1.29 is 142 Å². The van der Waals surface area contributed by atoms with E-state index in [9.17, 15) is 69.4 Å². The van der Waals surface area contributed by atoms with Crippen molar-refractivity contribution in [2.24, 2.45) is 5.73 Å². The Morgan fingerprint density at radius 1 is 0.401 bits per heavy atom. The summed E-state index contributed by atoms with van der Waals surface area (Å²) in [5, 5.41) is 64.3. The number of aldehydes is 1. The summed E-state index contributed by atoms with van der Waals surface area (Å²) in [5.74, 6) is -3.64. The first-order chi connectivity index (χ1) is 68.1. The maximum atomic E-state index is 13.2. The van der Waals surface area contributed by atoms with Crippen molar-refractivity contribution in [2.75, 3.05) is 105 Å². The number of hydrogen-bond acceptors (Lipinski definition) is 32. The summed E-state index contributed by atoms with van der Waals surface area (Å²) in [4.78, 5) is 111. The van der Waals surface area contributed by atoms with Gasteiger partial charge in [0.05, 0.1) is 95.5 Å². The number of benzene rings is 13. The molecule has 0 aliphatic carbocycles. The van der Waals surface area contributed by atoms with E-state index in [-0.39, 0.29) is 107 Å². The van der Waals surface area contributed by atoms with E-state index in [4.69, 9.17) is 64.3 Å². The van der Waals surface area contributed by atoms with E-state index in [0.29, 0.717) is 66.1 Å². The summed E-state index contributed by atoms with van der Waals surface area (Å²) in [7, 11) is 17.5. The first kappa shape index (κ1) is 133. The van der Waals surface area contributed by atoms with Gasteiger partial charge in [-0.2, -0.15) is 4.39 Å². The van der Waals surface area contributed by atoms with Crippen LogP contribution in [-0.2, 0) is 76.1 Å². The number of methoxy groups -OCH3 is 4. The normalized spacial score (nSPS) is 9.41. The van der Waals surface area contributed by atoms with Crippen LogP contribution in [0.3, 0.4) is 0 Å². The molecule has 11 N–H and O–H groups in total. The average molecular weight is 2150 g/mol. The number of anilines is 4. The van der Waals surface area contributed by atoms with E-state index in [0.717, 1.165) is 94.3 Å². The molecule has 0 aromatic heterocycles. The zero-order valence-corrected chi connectivity index (χ0v) is 85.1. The number of ether oxygens (including phenoxy) is 9. The summed E-state index contributed by atoms with van der Waals surface area (Å²) in [6.07, 6.45) is 0.827. The number of hydrogen-bond donors (Lipinski definition) is 7. The number of aliphatic hydroxyl groups excluding tert-OH is 2. The van der Waals surface area contributed by atoms with E-state index in [2.05, 4.69) is 15.2 Å². The van der Waals surface area contributed by atoms with Gasteiger partial charge >= 0.3 is 85.8 Å². The van der Waals surface area contributed by atoms with E-state index in [1.54, 1.807) is 30.3 Å². The first-order valence-electron chi connectivity index (χ1n) is 42.3. The quantitative estimate of drug-likeness (QED) is 0.00321. The second-order valence-corrected chi connectivity index (χ2v) is 31.5. The zero-order valence-electron chi connectivity index (χ0n) is 83.1. The summed E-state index contributed by atoms with van der Waals surface area (Å²) < 4.78 is 81.5. The number of nitrogens with two attached hydrogens (primary N) is 2. The molecule has 0 atom stereocenters. The molecule has 0 spiro atoms. The third-order valence-electron chi connectivity index (χ3n) is 18.5. The monoisotopic (exact) mass is 2150 g/mol. The molecule has 0 saturated carbocycles.